The van der Waals surface area contributed by atoms with Gasteiger partial charge in [0.2, 0.25) is 0 Å². The number of nitriles is 1. The maximum atomic E-state index is 12.5. The fourth-order valence-corrected chi connectivity index (χ4v) is 3.86. The van der Waals surface area contributed by atoms with Crippen LogP contribution in [-0.4, -0.2) is 32.5 Å². The van der Waals surface area contributed by atoms with Crippen LogP contribution in [0, 0.1) is 18.3 Å². The molecule has 9 heteroatoms. The van der Waals surface area contributed by atoms with Crippen molar-refractivity contribution < 1.29 is 9.59 Å². The Morgan fingerprint density at radius 3 is 2.77 bits per heavy atom. The molecule has 1 N–H and O–H groups in total. The first-order valence-corrected chi connectivity index (χ1v) is 10.6. The van der Waals surface area contributed by atoms with Gasteiger partial charge in [-0.3, -0.25) is 14.3 Å². The van der Waals surface area contributed by atoms with Crippen LogP contribution in [0.1, 0.15) is 51.7 Å². The number of hydrogen-bond donors (Lipinski definition) is 1. The molecule has 2 aromatic heterocycles. The van der Waals surface area contributed by atoms with Crippen LogP contribution < -0.4 is 5.32 Å². The van der Waals surface area contributed by atoms with E-state index in [0.29, 0.717) is 28.6 Å². The number of amides is 1. The Bertz CT molecular complexity index is 1140. The number of hydrogen-bond acceptors (Lipinski definition) is 6. The van der Waals surface area contributed by atoms with Crippen molar-refractivity contribution in [1.29, 1.82) is 5.26 Å². The van der Waals surface area contributed by atoms with Gasteiger partial charge in [0.15, 0.2) is 10.8 Å². The second-order valence-electron chi connectivity index (χ2n) is 6.81. The Hall–Kier alpha value is -3.02. The Labute approximate surface area is 183 Å². The largest absolute Gasteiger partial charge is 0.346 e. The molecule has 1 amide bonds. The van der Waals surface area contributed by atoms with Crippen LogP contribution in [0.5, 0.6) is 0 Å². The predicted molar refractivity (Wildman–Crippen MR) is 116 cm³/mol. The van der Waals surface area contributed by atoms with E-state index in [0.717, 1.165) is 28.2 Å². The Kier molecular flexibility index (Phi) is 6.65. The average Bonchev–Trinajstić information content (AvgIpc) is 3.39. The quantitative estimate of drug-likeness (QED) is 0.552. The van der Waals surface area contributed by atoms with E-state index in [1.54, 1.807) is 16.1 Å². The van der Waals surface area contributed by atoms with Gasteiger partial charge in [0, 0.05) is 30.1 Å². The molecule has 3 aromatic rings. The van der Waals surface area contributed by atoms with Gasteiger partial charge in [-0.2, -0.15) is 10.4 Å². The van der Waals surface area contributed by atoms with Crippen LogP contribution in [0.4, 0.5) is 0 Å². The monoisotopic (exact) mass is 441 g/mol. The minimum absolute atomic E-state index is 0.154. The van der Waals surface area contributed by atoms with Gasteiger partial charge in [0.25, 0.3) is 5.91 Å². The number of carbonyl (C=O) groups is 2. The summed E-state index contributed by atoms with van der Waals surface area (Å²) >= 11 is 7.43. The smallest absolute Gasteiger partial charge is 0.271 e. The van der Waals surface area contributed by atoms with Gasteiger partial charge in [0.05, 0.1) is 22.8 Å². The Balaban J connectivity index is 1.72. The minimum atomic E-state index is -0.312. The SMILES string of the molecule is CCC(Cn1ccc(-c2ccc(C#N)c(Cl)c2C)n1)NC(=O)c1csc(C(C)=O)n1. The van der Waals surface area contributed by atoms with E-state index in [9.17, 15) is 9.59 Å². The highest BCUT2D eigenvalue weighted by Gasteiger charge is 2.18. The summed E-state index contributed by atoms with van der Waals surface area (Å²) < 4.78 is 1.76. The zero-order chi connectivity index (χ0) is 21.8. The molecular weight excluding hydrogens is 422 g/mol. The molecule has 0 aliphatic carbocycles. The molecule has 0 spiro atoms. The van der Waals surface area contributed by atoms with Crippen LogP contribution in [0.15, 0.2) is 29.8 Å². The Morgan fingerprint density at radius 2 is 2.13 bits per heavy atom. The normalized spacial score (nSPS) is 11.7. The average molecular weight is 442 g/mol. The van der Waals surface area contributed by atoms with Gasteiger partial charge < -0.3 is 5.32 Å². The number of nitrogens with zero attached hydrogens (tertiary/aromatic N) is 4. The van der Waals surface area contributed by atoms with Crippen molar-refractivity contribution in [2.45, 2.75) is 39.8 Å². The molecule has 0 saturated heterocycles. The summed E-state index contributed by atoms with van der Waals surface area (Å²) in [4.78, 5) is 27.9. The van der Waals surface area contributed by atoms with Gasteiger partial charge in [-0.25, -0.2) is 4.98 Å². The highest BCUT2D eigenvalue weighted by Crippen LogP contribution is 2.30. The summed E-state index contributed by atoms with van der Waals surface area (Å²) in [6.45, 7) is 5.74. The van der Waals surface area contributed by atoms with E-state index < -0.39 is 0 Å². The highest BCUT2D eigenvalue weighted by molar-refractivity contribution is 7.11. The van der Waals surface area contributed by atoms with Crippen molar-refractivity contribution in [3.05, 3.63) is 56.6 Å². The molecule has 1 aromatic carbocycles. The molecular formula is C21H20ClN5O2S. The molecule has 3 rings (SSSR count). The molecule has 154 valence electrons. The predicted octanol–water partition coefficient (Wildman–Crippen LogP) is 4.25. The van der Waals surface area contributed by atoms with Gasteiger partial charge in [-0.05, 0) is 31.0 Å². The fraction of sp³-hybridized carbons (Fsp3) is 0.286. The van der Waals surface area contributed by atoms with E-state index in [1.807, 2.05) is 32.2 Å². The number of ketones is 1. The van der Waals surface area contributed by atoms with Gasteiger partial charge >= 0.3 is 0 Å². The number of halogens is 1. The van der Waals surface area contributed by atoms with Crippen LogP contribution in [-0.2, 0) is 6.54 Å². The molecule has 0 saturated carbocycles. The first-order chi connectivity index (χ1) is 14.3. The maximum absolute atomic E-state index is 12.5. The standard InChI is InChI=1S/C21H20ClN5O2S/c1-4-15(24-20(29)18-11-30-21(25-18)13(3)28)10-27-8-7-17(26-27)16-6-5-14(9-23)19(22)12(16)2/h5-8,11,15H,4,10H2,1-3H3,(H,24,29). The summed E-state index contributed by atoms with van der Waals surface area (Å²) in [5.74, 6) is -0.471. The lowest BCUT2D eigenvalue weighted by Crippen LogP contribution is -2.37. The minimum Gasteiger partial charge on any atom is -0.346 e. The lowest BCUT2D eigenvalue weighted by Gasteiger charge is -2.16. The van der Waals surface area contributed by atoms with E-state index in [-0.39, 0.29) is 23.4 Å². The number of carbonyl (C=O) groups excluding carboxylic acids is 2. The first-order valence-electron chi connectivity index (χ1n) is 9.34. The topological polar surface area (TPSA) is 101 Å². The van der Waals surface area contributed by atoms with Gasteiger partial charge in [-0.15, -0.1) is 11.3 Å². The first kappa shape index (κ1) is 21.7. The van der Waals surface area contributed by atoms with Gasteiger partial charge in [0.1, 0.15) is 11.8 Å². The zero-order valence-electron chi connectivity index (χ0n) is 16.8. The summed E-state index contributed by atoms with van der Waals surface area (Å²) in [6, 6.07) is 7.31. The number of rotatable bonds is 7. The molecule has 0 aliphatic heterocycles. The van der Waals surface area contributed by atoms with E-state index >= 15 is 0 Å². The number of Topliss-reactive ketones (excluding diaryl/α,β-unsaturated/α-hetero) is 1. The van der Waals surface area contributed by atoms with Crippen molar-refractivity contribution >= 4 is 34.6 Å². The van der Waals surface area contributed by atoms with Crippen molar-refractivity contribution in [1.82, 2.24) is 20.1 Å². The van der Waals surface area contributed by atoms with Crippen LogP contribution in [0.2, 0.25) is 5.02 Å². The second kappa shape index (κ2) is 9.20. The third kappa shape index (κ3) is 4.58. The third-order valence-electron chi connectivity index (χ3n) is 4.70. The van der Waals surface area contributed by atoms with E-state index in [4.69, 9.17) is 16.9 Å². The fourth-order valence-electron chi connectivity index (χ4n) is 2.96. The lowest BCUT2D eigenvalue weighted by atomic mass is 10.0. The van der Waals surface area contributed by atoms with Crippen molar-refractivity contribution in [3.63, 3.8) is 0 Å². The number of nitrogens with one attached hydrogen (secondary N) is 1. The summed E-state index contributed by atoms with van der Waals surface area (Å²) in [7, 11) is 0. The molecule has 0 aliphatic rings. The molecule has 0 radical (unpaired) electrons. The van der Waals surface area contributed by atoms with E-state index in [1.165, 1.54) is 6.92 Å². The second-order valence-corrected chi connectivity index (χ2v) is 8.04. The zero-order valence-corrected chi connectivity index (χ0v) is 18.3. The maximum Gasteiger partial charge on any atom is 0.271 e. The summed E-state index contributed by atoms with van der Waals surface area (Å²) in [5, 5.41) is 19.0. The lowest BCUT2D eigenvalue weighted by molar-refractivity contribution is 0.0926. The molecule has 0 fully saturated rings. The molecule has 1 unspecified atom stereocenters. The highest BCUT2D eigenvalue weighted by atomic mass is 35.5. The van der Waals surface area contributed by atoms with Crippen molar-refractivity contribution in [3.8, 4) is 17.3 Å². The van der Waals surface area contributed by atoms with Crippen LogP contribution in [0.25, 0.3) is 11.3 Å². The molecule has 30 heavy (non-hydrogen) atoms. The van der Waals surface area contributed by atoms with E-state index in [2.05, 4.69) is 21.5 Å². The van der Waals surface area contributed by atoms with Crippen LogP contribution in [0.3, 0.4) is 0 Å². The Morgan fingerprint density at radius 1 is 1.37 bits per heavy atom. The third-order valence-corrected chi connectivity index (χ3v) is 6.13. The molecule has 2 heterocycles. The van der Waals surface area contributed by atoms with Crippen molar-refractivity contribution in [2.75, 3.05) is 0 Å². The summed E-state index contributed by atoms with van der Waals surface area (Å²) in [6.07, 6.45) is 2.54. The number of aromatic nitrogens is 3. The van der Waals surface area contributed by atoms with Crippen molar-refractivity contribution in [2.24, 2.45) is 0 Å². The van der Waals surface area contributed by atoms with Gasteiger partial charge in [-0.1, -0.05) is 24.6 Å². The number of benzene rings is 1. The van der Waals surface area contributed by atoms with Crippen LogP contribution >= 0.6 is 22.9 Å². The molecule has 7 nitrogen and oxygen atoms in total. The molecule has 1 atom stereocenters. The molecule has 0 bridgehead atoms. The number of thiazole rings is 1. The summed E-state index contributed by atoms with van der Waals surface area (Å²) in [5.41, 5.74) is 3.07.